The van der Waals surface area contributed by atoms with Crippen LogP contribution in [0.4, 0.5) is 4.39 Å². The molecule has 0 fully saturated rings. The highest BCUT2D eigenvalue weighted by atomic mass is 19.1. The minimum Gasteiger partial charge on any atom is -0.423 e. The van der Waals surface area contributed by atoms with Gasteiger partial charge in [-0.15, -0.1) is 0 Å². The lowest BCUT2D eigenvalue weighted by Gasteiger charge is -2.17. The molecule has 11 heteroatoms. The van der Waals surface area contributed by atoms with Gasteiger partial charge in [0.25, 0.3) is 0 Å². The third-order valence-corrected chi connectivity index (χ3v) is 5.01. The van der Waals surface area contributed by atoms with E-state index in [0.29, 0.717) is 0 Å². The summed E-state index contributed by atoms with van der Waals surface area (Å²) in [6, 6.07) is 5.72. The zero-order valence-electron chi connectivity index (χ0n) is 23.1. The molecule has 0 aliphatic carbocycles. The van der Waals surface area contributed by atoms with Crippen LogP contribution in [0.5, 0.6) is 23.0 Å². The van der Waals surface area contributed by atoms with Gasteiger partial charge < -0.3 is 28.4 Å². The van der Waals surface area contributed by atoms with Crippen LogP contribution in [-0.4, -0.2) is 51.3 Å². The highest BCUT2D eigenvalue weighted by Gasteiger charge is 2.24. The lowest BCUT2D eigenvalue weighted by molar-refractivity contribution is -0.132. The fraction of sp³-hybridized carbons (Fsp3) is 0.200. The molecular weight excluding hydrogens is 539 g/mol. The summed E-state index contributed by atoms with van der Waals surface area (Å²) in [7, 11) is 2.70. The number of esters is 4. The van der Waals surface area contributed by atoms with Crippen molar-refractivity contribution in [2.75, 3.05) is 27.4 Å². The smallest absolute Gasteiger partial charge is 0.341 e. The van der Waals surface area contributed by atoms with Gasteiger partial charge in [0.05, 0.1) is 24.4 Å². The molecule has 0 aliphatic heterocycles. The highest BCUT2D eigenvalue weighted by molar-refractivity contribution is 5.94. The first kappa shape index (κ1) is 32.3. The first-order chi connectivity index (χ1) is 19.3. The maximum Gasteiger partial charge on any atom is 0.341 e. The molecule has 216 valence electrons. The van der Waals surface area contributed by atoms with E-state index in [4.69, 9.17) is 28.4 Å². The summed E-state index contributed by atoms with van der Waals surface area (Å²) in [5.41, 5.74) is -0.115. The molecule has 0 spiro atoms. The number of benzene rings is 2. The number of carbonyl (C=O) groups is 4. The van der Waals surface area contributed by atoms with Crippen LogP contribution in [0, 0.1) is 5.82 Å². The number of rotatable bonds is 13. The minimum atomic E-state index is -1.02. The molecule has 0 amide bonds. The van der Waals surface area contributed by atoms with Gasteiger partial charge in [-0.3, -0.25) is 0 Å². The van der Waals surface area contributed by atoms with E-state index >= 15 is 4.39 Å². The van der Waals surface area contributed by atoms with Gasteiger partial charge in [-0.25, -0.2) is 23.6 Å². The Morgan fingerprint density at radius 1 is 0.634 bits per heavy atom. The highest BCUT2D eigenvalue weighted by Crippen LogP contribution is 2.42. The SMILES string of the molecule is C=C(C)C(=O)Oc1ccc(-c2cc(F)c(OC(=O)C(=C)C)cc2OC(=O)C(=C)COC)c(OC(=O)C(=C)COC)c1. The lowest BCUT2D eigenvalue weighted by Crippen LogP contribution is -2.16. The molecule has 0 radical (unpaired) electrons. The third-order valence-electron chi connectivity index (χ3n) is 5.01. The van der Waals surface area contributed by atoms with Crippen LogP contribution in [0.25, 0.3) is 11.1 Å². The fourth-order valence-corrected chi connectivity index (χ4v) is 2.97. The zero-order valence-corrected chi connectivity index (χ0v) is 23.1. The van der Waals surface area contributed by atoms with Gasteiger partial charge >= 0.3 is 23.9 Å². The number of methoxy groups -OCH3 is 2. The monoisotopic (exact) mass is 568 g/mol. The molecule has 0 N–H and O–H groups in total. The van der Waals surface area contributed by atoms with Gasteiger partial charge in [-0.05, 0) is 32.0 Å². The molecule has 0 saturated carbocycles. The van der Waals surface area contributed by atoms with Crippen molar-refractivity contribution in [3.05, 3.63) is 84.8 Å². The topological polar surface area (TPSA) is 124 Å². The second-order valence-electron chi connectivity index (χ2n) is 8.63. The standard InChI is InChI=1S/C30H29FO10/c1-16(2)27(32)38-20-9-10-21(24(11-20)39-29(34)18(5)14-36-7)22-12-23(31)26(41-28(33)17(3)4)13-25(22)40-30(35)19(6)15-37-8/h9-13H,1,3,5-6,14-15H2,2,4,7-8H3. The van der Waals surface area contributed by atoms with E-state index in [1.54, 1.807) is 0 Å². The van der Waals surface area contributed by atoms with Crippen LogP contribution < -0.4 is 18.9 Å². The van der Waals surface area contributed by atoms with E-state index in [-0.39, 0.29) is 63.9 Å². The first-order valence-electron chi connectivity index (χ1n) is 11.8. The average molecular weight is 569 g/mol. The van der Waals surface area contributed by atoms with E-state index in [2.05, 4.69) is 26.3 Å². The predicted molar refractivity (Wildman–Crippen MR) is 146 cm³/mol. The van der Waals surface area contributed by atoms with Crippen molar-refractivity contribution in [2.24, 2.45) is 0 Å². The predicted octanol–water partition coefficient (Wildman–Crippen LogP) is 4.67. The molecule has 10 nitrogen and oxygen atoms in total. The molecule has 41 heavy (non-hydrogen) atoms. The molecular formula is C30H29FO10. The van der Waals surface area contributed by atoms with Crippen LogP contribution in [0.15, 0.2) is 78.9 Å². The molecule has 0 aromatic heterocycles. The Morgan fingerprint density at radius 2 is 1.10 bits per heavy atom. The molecule has 0 atom stereocenters. The van der Waals surface area contributed by atoms with E-state index in [1.165, 1.54) is 46.3 Å². The van der Waals surface area contributed by atoms with Crippen molar-refractivity contribution in [2.45, 2.75) is 13.8 Å². The van der Waals surface area contributed by atoms with Crippen molar-refractivity contribution in [3.8, 4) is 34.1 Å². The van der Waals surface area contributed by atoms with Gasteiger partial charge in [0.1, 0.15) is 17.2 Å². The van der Waals surface area contributed by atoms with Crippen LogP contribution >= 0.6 is 0 Å². The quantitative estimate of drug-likeness (QED) is 0.191. The van der Waals surface area contributed by atoms with Crippen molar-refractivity contribution < 1.29 is 52.0 Å². The van der Waals surface area contributed by atoms with Crippen molar-refractivity contribution in [1.82, 2.24) is 0 Å². The van der Waals surface area contributed by atoms with Gasteiger partial charge in [0.15, 0.2) is 11.6 Å². The van der Waals surface area contributed by atoms with Crippen molar-refractivity contribution >= 4 is 23.9 Å². The fourth-order valence-electron chi connectivity index (χ4n) is 2.97. The van der Waals surface area contributed by atoms with Crippen LogP contribution in [0.2, 0.25) is 0 Å². The van der Waals surface area contributed by atoms with Gasteiger partial charge in [-0.1, -0.05) is 26.3 Å². The zero-order chi connectivity index (χ0) is 30.9. The van der Waals surface area contributed by atoms with E-state index < -0.39 is 35.4 Å². The van der Waals surface area contributed by atoms with E-state index in [0.717, 1.165) is 12.1 Å². The lowest BCUT2D eigenvalue weighted by atomic mass is 10.0. The molecule has 0 aliphatic rings. The first-order valence-corrected chi connectivity index (χ1v) is 11.8. The molecule has 0 unspecified atom stereocenters. The average Bonchev–Trinajstić information content (AvgIpc) is 2.90. The normalized spacial score (nSPS) is 10.3. The Morgan fingerprint density at radius 3 is 1.59 bits per heavy atom. The molecule has 2 rings (SSSR count). The summed E-state index contributed by atoms with van der Waals surface area (Å²) in [4.78, 5) is 49.5. The summed E-state index contributed by atoms with van der Waals surface area (Å²) in [6.45, 7) is 16.6. The van der Waals surface area contributed by atoms with Gasteiger partial charge in [-0.2, -0.15) is 0 Å². The Labute approximate surface area is 236 Å². The van der Waals surface area contributed by atoms with Crippen LogP contribution in [-0.2, 0) is 28.7 Å². The second-order valence-corrected chi connectivity index (χ2v) is 8.63. The second kappa shape index (κ2) is 14.5. The number of carbonyl (C=O) groups excluding carboxylic acids is 4. The summed E-state index contributed by atoms with van der Waals surface area (Å²) in [5.74, 6) is -5.66. The third kappa shape index (κ3) is 8.82. The Kier molecular flexibility index (Phi) is 11.4. The number of halogens is 1. The number of hydrogen-bond acceptors (Lipinski definition) is 10. The molecule has 0 heterocycles. The molecule has 2 aromatic rings. The van der Waals surface area contributed by atoms with Crippen LogP contribution in [0.1, 0.15) is 13.8 Å². The van der Waals surface area contributed by atoms with Gasteiger partial charge in [0, 0.05) is 48.6 Å². The summed E-state index contributed by atoms with van der Waals surface area (Å²) < 4.78 is 46.2. The molecule has 2 aromatic carbocycles. The summed E-state index contributed by atoms with van der Waals surface area (Å²) in [5, 5.41) is 0. The Balaban J connectivity index is 2.75. The van der Waals surface area contributed by atoms with E-state index in [9.17, 15) is 19.2 Å². The molecule has 0 bridgehead atoms. The largest absolute Gasteiger partial charge is 0.423 e. The van der Waals surface area contributed by atoms with Crippen LogP contribution in [0.3, 0.4) is 0 Å². The van der Waals surface area contributed by atoms with Gasteiger partial charge in [0.2, 0.25) is 0 Å². The number of hydrogen-bond donors (Lipinski definition) is 0. The Bertz CT molecular complexity index is 1440. The number of ether oxygens (including phenoxy) is 6. The van der Waals surface area contributed by atoms with Crippen molar-refractivity contribution in [1.29, 1.82) is 0 Å². The summed E-state index contributed by atoms with van der Waals surface area (Å²) >= 11 is 0. The van der Waals surface area contributed by atoms with E-state index in [1.807, 2.05) is 0 Å². The van der Waals surface area contributed by atoms with Crippen molar-refractivity contribution in [3.63, 3.8) is 0 Å². The summed E-state index contributed by atoms with van der Waals surface area (Å²) in [6.07, 6.45) is 0. The molecule has 0 saturated heterocycles. The maximum atomic E-state index is 15.2. The maximum absolute atomic E-state index is 15.2. The Hall–Kier alpha value is -4.87. The minimum absolute atomic E-state index is 0.00845.